The summed E-state index contributed by atoms with van der Waals surface area (Å²) >= 11 is 0. The van der Waals surface area contributed by atoms with Gasteiger partial charge in [-0.25, -0.2) is 4.39 Å². The fourth-order valence-electron chi connectivity index (χ4n) is 2.79. The summed E-state index contributed by atoms with van der Waals surface area (Å²) in [6, 6.07) is 6.43. The van der Waals surface area contributed by atoms with E-state index < -0.39 is 0 Å². The molecule has 1 aliphatic heterocycles. The van der Waals surface area contributed by atoms with Gasteiger partial charge in [0.05, 0.1) is 12.1 Å². The van der Waals surface area contributed by atoms with Gasteiger partial charge in [-0.2, -0.15) is 0 Å². The molecule has 0 amide bonds. The SMILES string of the molecule is CCC1CNCCC1(CO)Nc1cccc(F)c1. The van der Waals surface area contributed by atoms with E-state index in [1.807, 2.05) is 6.07 Å². The lowest BCUT2D eigenvalue weighted by Crippen LogP contribution is -2.57. The predicted molar refractivity (Wildman–Crippen MR) is 71.1 cm³/mol. The van der Waals surface area contributed by atoms with Crippen LogP contribution in [0.2, 0.25) is 0 Å². The van der Waals surface area contributed by atoms with Crippen molar-refractivity contribution in [2.45, 2.75) is 25.3 Å². The molecular weight excluding hydrogens is 231 g/mol. The molecule has 1 aromatic carbocycles. The van der Waals surface area contributed by atoms with Crippen LogP contribution in [0.15, 0.2) is 24.3 Å². The summed E-state index contributed by atoms with van der Waals surface area (Å²) < 4.78 is 13.2. The van der Waals surface area contributed by atoms with Gasteiger partial charge < -0.3 is 15.7 Å². The third kappa shape index (κ3) is 2.65. The maximum Gasteiger partial charge on any atom is 0.125 e. The fourth-order valence-corrected chi connectivity index (χ4v) is 2.79. The minimum atomic E-state index is -0.339. The van der Waals surface area contributed by atoms with Crippen LogP contribution in [-0.4, -0.2) is 30.3 Å². The first-order chi connectivity index (χ1) is 8.70. The van der Waals surface area contributed by atoms with Gasteiger partial charge in [0.1, 0.15) is 5.82 Å². The van der Waals surface area contributed by atoms with Gasteiger partial charge in [-0.3, -0.25) is 0 Å². The average Bonchev–Trinajstić information content (AvgIpc) is 2.39. The molecule has 18 heavy (non-hydrogen) atoms. The Morgan fingerprint density at radius 1 is 1.56 bits per heavy atom. The number of aliphatic hydroxyl groups excluding tert-OH is 1. The van der Waals surface area contributed by atoms with E-state index in [2.05, 4.69) is 17.6 Å². The van der Waals surface area contributed by atoms with Crippen molar-refractivity contribution < 1.29 is 9.50 Å². The topological polar surface area (TPSA) is 44.3 Å². The highest BCUT2D eigenvalue weighted by Crippen LogP contribution is 2.31. The monoisotopic (exact) mass is 252 g/mol. The van der Waals surface area contributed by atoms with Crippen molar-refractivity contribution in [3.8, 4) is 0 Å². The molecular formula is C14H21FN2O. The molecule has 1 fully saturated rings. The zero-order valence-corrected chi connectivity index (χ0v) is 10.7. The summed E-state index contributed by atoms with van der Waals surface area (Å²) in [5.41, 5.74) is 0.401. The van der Waals surface area contributed by atoms with E-state index in [1.165, 1.54) is 12.1 Å². The molecule has 3 N–H and O–H groups in total. The van der Waals surface area contributed by atoms with E-state index >= 15 is 0 Å². The second kappa shape index (κ2) is 5.67. The van der Waals surface area contributed by atoms with E-state index in [-0.39, 0.29) is 18.0 Å². The number of nitrogens with one attached hydrogen (secondary N) is 2. The van der Waals surface area contributed by atoms with E-state index in [9.17, 15) is 9.50 Å². The maximum atomic E-state index is 13.2. The van der Waals surface area contributed by atoms with Crippen LogP contribution in [0.25, 0.3) is 0 Å². The number of piperidine rings is 1. The number of benzene rings is 1. The lowest BCUT2D eigenvalue weighted by Gasteiger charge is -2.44. The van der Waals surface area contributed by atoms with Crippen LogP contribution in [0, 0.1) is 11.7 Å². The molecule has 3 nitrogen and oxygen atoms in total. The second-order valence-corrected chi connectivity index (χ2v) is 5.01. The number of hydrogen-bond acceptors (Lipinski definition) is 3. The highest BCUT2D eigenvalue weighted by Gasteiger charge is 2.39. The summed E-state index contributed by atoms with van der Waals surface area (Å²) in [5.74, 6) is 0.0922. The highest BCUT2D eigenvalue weighted by atomic mass is 19.1. The lowest BCUT2D eigenvalue weighted by molar-refractivity contribution is 0.124. The lowest BCUT2D eigenvalue weighted by atomic mass is 9.77. The first kappa shape index (κ1) is 13.3. The number of rotatable bonds is 4. The maximum absolute atomic E-state index is 13.2. The molecule has 2 unspecified atom stereocenters. The molecule has 0 aliphatic carbocycles. The van der Waals surface area contributed by atoms with Gasteiger partial charge in [-0.1, -0.05) is 13.0 Å². The summed E-state index contributed by atoms with van der Waals surface area (Å²) in [4.78, 5) is 0. The molecule has 2 rings (SSSR count). The summed E-state index contributed by atoms with van der Waals surface area (Å²) in [6.45, 7) is 3.96. The van der Waals surface area contributed by atoms with E-state index in [4.69, 9.17) is 0 Å². The second-order valence-electron chi connectivity index (χ2n) is 5.01. The van der Waals surface area contributed by atoms with Crippen molar-refractivity contribution in [2.75, 3.05) is 25.0 Å². The predicted octanol–water partition coefficient (Wildman–Crippen LogP) is 1.99. The largest absolute Gasteiger partial charge is 0.394 e. The molecule has 4 heteroatoms. The fraction of sp³-hybridized carbons (Fsp3) is 0.571. The van der Waals surface area contributed by atoms with Crippen molar-refractivity contribution in [3.63, 3.8) is 0 Å². The summed E-state index contributed by atoms with van der Waals surface area (Å²) in [5, 5.41) is 16.5. The zero-order chi connectivity index (χ0) is 13.0. The summed E-state index contributed by atoms with van der Waals surface area (Å²) in [7, 11) is 0. The highest BCUT2D eigenvalue weighted by molar-refractivity contribution is 5.46. The number of hydrogen-bond donors (Lipinski definition) is 3. The number of aliphatic hydroxyl groups is 1. The van der Waals surface area contributed by atoms with Crippen LogP contribution < -0.4 is 10.6 Å². The minimum Gasteiger partial charge on any atom is -0.394 e. The smallest absolute Gasteiger partial charge is 0.125 e. The molecule has 0 saturated carbocycles. The minimum absolute atomic E-state index is 0.0731. The molecule has 0 spiro atoms. The first-order valence-electron chi connectivity index (χ1n) is 6.55. The van der Waals surface area contributed by atoms with Crippen LogP contribution in [-0.2, 0) is 0 Å². The van der Waals surface area contributed by atoms with Gasteiger partial charge in [-0.05, 0) is 43.5 Å². The zero-order valence-electron chi connectivity index (χ0n) is 10.7. The molecule has 1 saturated heterocycles. The normalized spacial score (nSPS) is 28.1. The number of halogens is 1. The van der Waals surface area contributed by atoms with Crippen LogP contribution in [0.5, 0.6) is 0 Å². The van der Waals surface area contributed by atoms with E-state index in [0.717, 1.165) is 31.6 Å². The van der Waals surface area contributed by atoms with Crippen molar-refractivity contribution in [1.29, 1.82) is 0 Å². The Kier molecular flexibility index (Phi) is 4.19. The Morgan fingerprint density at radius 3 is 3.06 bits per heavy atom. The Bertz CT molecular complexity index is 399. The molecule has 0 bridgehead atoms. The molecule has 0 radical (unpaired) electrons. The van der Waals surface area contributed by atoms with Crippen molar-refractivity contribution in [1.82, 2.24) is 5.32 Å². The molecule has 1 aliphatic rings. The van der Waals surface area contributed by atoms with Crippen molar-refractivity contribution >= 4 is 5.69 Å². The average molecular weight is 252 g/mol. The van der Waals surface area contributed by atoms with Crippen LogP contribution >= 0.6 is 0 Å². The molecule has 1 heterocycles. The standard InChI is InChI=1S/C14H21FN2O/c1-2-11-9-16-7-6-14(11,10-18)17-13-5-3-4-12(15)8-13/h3-5,8,11,16-18H,2,6-7,9-10H2,1H3. The Labute approximate surface area is 107 Å². The van der Waals surface area contributed by atoms with Crippen LogP contribution in [0.1, 0.15) is 19.8 Å². The Hall–Kier alpha value is -1.13. The van der Waals surface area contributed by atoms with E-state index in [0.29, 0.717) is 5.92 Å². The summed E-state index contributed by atoms with van der Waals surface area (Å²) in [6.07, 6.45) is 1.83. The Balaban J connectivity index is 2.21. The van der Waals surface area contributed by atoms with Crippen molar-refractivity contribution in [3.05, 3.63) is 30.1 Å². The van der Waals surface area contributed by atoms with Gasteiger partial charge in [0.2, 0.25) is 0 Å². The van der Waals surface area contributed by atoms with Crippen LogP contribution in [0.4, 0.5) is 10.1 Å². The Morgan fingerprint density at radius 2 is 2.39 bits per heavy atom. The number of anilines is 1. The van der Waals surface area contributed by atoms with Gasteiger partial charge >= 0.3 is 0 Å². The van der Waals surface area contributed by atoms with Gasteiger partial charge in [0, 0.05) is 12.2 Å². The first-order valence-corrected chi connectivity index (χ1v) is 6.55. The van der Waals surface area contributed by atoms with Gasteiger partial charge in [0.25, 0.3) is 0 Å². The van der Waals surface area contributed by atoms with Crippen LogP contribution in [0.3, 0.4) is 0 Å². The third-order valence-electron chi connectivity index (χ3n) is 3.91. The molecule has 100 valence electrons. The molecule has 0 aromatic heterocycles. The van der Waals surface area contributed by atoms with Crippen molar-refractivity contribution in [2.24, 2.45) is 5.92 Å². The van der Waals surface area contributed by atoms with Gasteiger partial charge in [-0.15, -0.1) is 0 Å². The molecule has 2 atom stereocenters. The molecule has 1 aromatic rings. The van der Waals surface area contributed by atoms with E-state index in [1.54, 1.807) is 6.07 Å². The third-order valence-corrected chi connectivity index (χ3v) is 3.91. The quantitative estimate of drug-likeness (QED) is 0.768. The van der Waals surface area contributed by atoms with Gasteiger partial charge in [0.15, 0.2) is 0 Å².